The molecule has 162 valence electrons. The van der Waals surface area contributed by atoms with Gasteiger partial charge in [0.05, 0.1) is 18.2 Å². The number of carbonyl (C=O) groups excluding carboxylic acids is 1. The van der Waals surface area contributed by atoms with Gasteiger partial charge in [-0.2, -0.15) is 0 Å². The van der Waals surface area contributed by atoms with E-state index in [1.165, 1.54) is 13.2 Å². The van der Waals surface area contributed by atoms with E-state index in [4.69, 9.17) is 25.5 Å². The predicted octanol–water partition coefficient (Wildman–Crippen LogP) is 5.53. The molecule has 4 aromatic rings. The lowest BCUT2D eigenvalue weighted by Crippen LogP contribution is -2.32. The largest absolute Gasteiger partial charge is 0.495 e. The number of halogens is 1. The Kier molecular flexibility index (Phi) is 6.14. The monoisotopic (exact) mass is 449 g/mol. The van der Waals surface area contributed by atoms with Gasteiger partial charge >= 0.3 is 0 Å². The number of hydrogen-bond acceptors (Lipinski definition) is 5. The Morgan fingerprint density at radius 2 is 1.75 bits per heavy atom. The smallest absolute Gasteiger partial charge is 0.265 e. The summed E-state index contributed by atoms with van der Waals surface area (Å²) >= 11 is 6.08. The average Bonchev–Trinajstić information content (AvgIpc) is 2.82. The fraction of sp³-hybridized carbons (Fsp3) is 0.120. The number of ether oxygens (including phenoxy) is 2. The predicted molar refractivity (Wildman–Crippen MR) is 125 cm³/mol. The molecule has 1 unspecified atom stereocenters. The second-order valence-electron chi connectivity index (χ2n) is 7.05. The topological polar surface area (TPSA) is 77.8 Å². The zero-order valence-corrected chi connectivity index (χ0v) is 18.2. The highest BCUT2D eigenvalue weighted by atomic mass is 35.5. The van der Waals surface area contributed by atoms with Crippen LogP contribution in [0, 0.1) is 0 Å². The van der Waals surface area contributed by atoms with E-state index in [2.05, 4.69) is 5.32 Å². The van der Waals surface area contributed by atoms with Crippen LogP contribution in [0.4, 0.5) is 5.69 Å². The molecule has 1 N–H and O–H groups in total. The Labute approximate surface area is 189 Å². The lowest BCUT2D eigenvalue weighted by atomic mass is 10.1. The van der Waals surface area contributed by atoms with Gasteiger partial charge < -0.3 is 19.2 Å². The molecular weight excluding hydrogens is 430 g/mol. The summed E-state index contributed by atoms with van der Waals surface area (Å²) in [6, 6.07) is 20.9. The van der Waals surface area contributed by atoms with Gasteiger partial charge in [0.2, 0.25) is 11.2 Å². The van der Waals surface area contributed by atoms with E-state index in [-0.39, 0.29) is 16.9 Å². The number of carbonyl (C=O) groups is 1. The van der Waals surface area contributed by atoms with Gasteiger partial charge in [-0.3, -0.25) is 9.59 Å². The minimum absolute atomic E-state index is 0.0614. The molecule has 1 atom stereocenters. The number of methoxy groups -OCH3 is 1. The highest BCUT2D eigenvalue weighted by Gasteiger charge is 2.23. The highest BCUT2D eigenvalue weighted by Crippen LogP contribution is 2.32. The second-order valence-corrected chi connectivity index (χ2v) is 7.48. The van der Waals surface area contributed by atoms with E-state index in [1.807, 2.05) is 18.2 Å². The van der Waals surface area contributed by atoms with E-state index >= 15 is 0 Å². The fourth-order valence-electron chi connectivity index (χ4n) is 3.25. The molecular formula is C25H20ClNO5. The van der Waals surface area contributed by atoms with Crippen molar-refractivity contribution in [2.75, 3.05) is 12.4 Å². The van der Waals surface area contributed by atoms with E-state index in [1.54, 1.807) is 55.5 Å². The zero-order valence-electron chi connectivity index (χ0n) is 17.4. The summed E-state index contributed by atoms with van der Waals surface area (Å²) in [4.78, 5) is 26.1. The third-order valence-electron chi connectivity index (χ3n) is 4.88. The number of rotatable bonds is 6. The molecule has 4 rings (SSSR count). The number of amides is 1. The summed E-state index contributed by atoms with van der Waals surface area (Å²) in [7, 11) is 1.52. The Bertz CT molecular complexity index is 1330. The third-order valence-corrected chi connectivity index (χ3v) is 5.11. The highest BCUT2D eigenvalue weighted by molar-refractivity contribution is 6.31. The quantitative estimate of drug-likeness (QED) is 0.419. The fourth-order valence-corrected chi connectivity index (χ4v) is 3.42. The van der Waals surface area contributed by atoms with Gasteiger partial charge in [-0.15, -0.1) is 0 Å². The van der Waals surface area contributed by atoms with Crippen LogP contribution in [-0.2, 0) is 4.79 Å². The van der Waals surface area contributed by atoms with Crippen molar-refractivity contribution in [3.8, 4) is 22.8 Å². The molecule has 0 bridgehead atoms. The summed E-state index contributed by atoms with van der Waals surface area (Å²) in [6.07, 6.45) is -0.998. The maximum Gasteiger partial charge on any atom is 0.265 e. The van der Waals surface area contributed by atoms with Gasteiger partial charge in [0, 0.05) is 10.6 Å². The van der Waals surface area contributed by atoms with Gasteiger partial charge in [-0.05, 0) is 37.3 Å². The van der Waals surface area contributed by atoms with Crippen LogP contribution < -0.4 is 20.2 Å². The zero-order chi connectivity index (χ0) is 22.7. The van der Waals surface area contributed by atoms with Gasteiger partial charge in [0.15, 0.2) is 11.9 Å². The van der Waals surface area contributed by atoms with Crippen molar-refractivity contribution in [2.24, 2.45) is 0 Å². The van der Waals surface area contributed by atoms with Crippen molar-refractivity contribution in [3.63, 3.8) is 0 Å². The van der Waals surface area contributed by atoms with Crippen LogP contribution in [0.1, 0.15) is 6.92 Å². The van der Waals surface area contributed by atoms with Crippen LogP contribution >= 0.6 is 11.6 Å². The first-order valence-corrected chi connectivity index (χ1v) is 10.3. The number of benzene rings is 3. The minimum Gasteiger partial charge on any atom is -0.495 e. The molecule has 0 fully saturated rings. The number of anilines is 1. The Morgan fingerprint density at radius 3 is 2.50 bits per heavy atom. The van der Waals surface area contributed by atoms with Gasteiger partial charge in [-0.1, -0.05) is 54.1 Å². The third kappa shape index (κ3) is 4.31. The summed E-state index contributed by atoms with van der Waals surface area (Å²) in [5.41, 5.74) is 1.10. The average molecular weight is 450 g/mol. The lowest BCUT2D eigenvalue weighted by Gasteiger charge is -2.17. The second kappa shape index (κ2) is 9.16. The van der Waals surface area contributed by atoms with Crippen LogP contribution in [0.2, 0.25) is 5.02 Å². The molecule has 0 aliphatic carbocycles. The van der Waals surface area contributed by atoms with Crippen molar-refractivity contribution in [1.29, 1.82) is 0 Å². The van der Waals surface area contributed by atoms with E-state index in [0.29, 0.717) is 27.6 Å². The van der Waals surface area contributed by atoms with Gasteiger partial charge in [-0.25, -0.2) is 0 Å². The van der Waals surface area contributed by atoms with Crippen LogP contribution in [0.15, 0.2) is 82.0 Å². The minimum atomic E-state index is -0.998. The molecule has 1 heterocycles. The van der Waals surface area contributed by atoms with Gasteiger partial charge in [0.1, 0.15) is 11.3 Å². The number of hydrogen-bond donors (Lipinski definition) is 1. The van der Waals surface area contributed by atoms with Crippen molar-refractivity contribution >= 4 is 34.2 Å². The molecule has 0 radical (unpaired) electrons. The van der Waals surface area contributed by atoms with Crippen LogP contribution in [0.5, 0.6) is 11.5 Å². The number of nitrogens with one attached hydrogen (secondary N) is 1. The molecule has 0 saturated heterocycles. The molecule has 1 aromatic heterocycles. The molecule has 3 aromatic carbocycles. The summed E-state index contributed by atoms with van der Waals surface area (Å²) < 4.78 is 17.2. The lowest BCUT2D eigenvalue weighted by molar-refractivity contribution is -0.122. The molecule has 0 saturated carbocycles. The summed E-state index contributed by atoms with van der Waals surface area (Å²) in [5, 5.41) is 3.43. The van der Waals surface area contributed by atoms with Crippen molar-refractivity contribution < 1.29 is 18.7 Å². The molecule has 1 amide bonds. The molecule has 7 heteroatoms. The maximum absolute atomic E-state index is 13.3. The molecule has 6 nitrogen and oxygen atoms in total. The molecule has 0 spiro atoms. The van der Waals surface area contributed by atoms with E-state index in [0.717, 1.165) is 0 Å². The first kappa shape index (κ1) is 21.5. The SMILES string of the molecule is COc1ccccc1NC(=O)C(C)Oc1c(-c2ccccc2)oc2ccc(Cl)cc2c1=O. The first-order valence-electron chi connectivity index (χ1n) is 9.90. The molecule has 0 aliphatic heterocycles. The molecule has 0 aliphatic rings. The van der Waals surface area contributed by atoms with Crippen molar-refractivity contribution in [3.05, 3.63) is 88.0 Å². The molecule has 32 heavy (non-hydrogen) atoms. The van der Waals surface area contributed by atoms with Gasteiger partial charge in [0.25, 0.3) is 5.91 Å². The van der Waals surface area contributed by atoms with Crippen LogP contribution in [0.3, 0.4) is 0 Å². The van der Waals surface area contributed by atoms with Crippen molar-refractivity contribution in [1.82, 2.24) is 0 Å². The van der Waals surface area contributed by atoms with Crippen LogP contribution in [0.25, 0.3) is 22.3 Å². The standard InChI is InChI=1S/C25H20ClNO5/c1-15(25(29)27-19-10-6-7-11-21(19)30-2)31-24-22(28)18-14-17(26)12-13-20(18)32-23(24)16-8-4-3-5-9-16/h3-15H,1-2H3,(H,27,29). The van der Waals surface area contributed by atoms with E-state index in [9.17, 15) is 9.59 Å². The Hall–Kier alpha value is -3.77. The maximum atomic E-state index is 13.3. The Morgan fingerprint density at radius 1 is 1.03 bits per heavy atom. The number of para-hydroxylation sites is 2. The summed E-state index contributed by atoms with van der Waals surface area (Å²) in [5.74, 6) is 0.244. The Balaban J connectivity index is 1.73. The van der Waals surface area contributed by atoms with E-state index < -0.39 is 17.4 Å². The van der Waals surface area contributed by atoms with Crippen LogP contribution in [-0.4, -0.2) is 19.1 Å². The number of fused-ring (bicyclic) bond motifs is 1. The first-order chi connectivity index (χ1) is 15.5. The van der Waals surface area contributed by atoms with Crippen molar-refractivity contribution in [2.45, 2.75) is 13.0 Å². The normalized spacial score (nSPS) is 11.7. The summed E-state index contributed by atoms with van der Waals surface area (Å²) in [6.45, 7) is 1.56.